The average molecular weight is 896 g/mol. The minimum atomic E-state index is -1.97. The number of hydrogen-bond donors (Lipinski definition) is 12. The van der Waals surface area contributed by atoms with Crippen molar-refractivity contribution in [1.29, 1.82) is 0 Å². The van der Waals surface area contributed by atoms with Gasteiger partial charge in [-0.2, -0.15) is 0 Å². The summed E-state index contributed by atoms with van der Waals surface area (Å²) < 4.78 is 33.8. The molecule has 362 valence electrons. The average Bonchev–Trinajstić information content (AvgIpc) is 3.26. The van der Waals surface area contributed by atoms with Crippen LogP contribution in [0.25, 0.3) is 0 Å². The number of hydrogen-bond acceptors (Lipinski definition) is 18. The van der Waals surface area contributed by atoms with Crippen molar-refractivity contribution in [1.82, 2.24) is 5.32 Å². The number of ether oxygens (including phenoxy) is 6. The molecule has 1 amide bonds. The third-order valence-corrected chi connectivity index (χ3v) is 11.5. The van der Waals surface area contributed by atoms with Gasteiger partial charge in [0.25, 0.3) is 0 Å². The minimum Gasteiger partial charge on any atom is -0.394 e. The van der Waals surface area contributed by atoms with Crippen LogP contribution < -0.4 is 5.32 Å². The van der Waals surface area contributed by atoms with Gasteiger partial charge in [0.1, 0.15) is 73.2 Å². The van der Waals surface area contributed by atoms with Crippen LogP contribution in [-0.2, 0) is 33.2 Å². The lowest BCUT2D eigenvalue weighted by Gasteiger charge is -2.48. The third-order valence-electron chi connectivity index (χ3n) is 11.5. The molecule has 3 saturated heterocycles. The zero-order valence-corrected chi connectivity index (χ0v) is 36.3. The molecule has 12 N–H and O–H groups in total. The summed E-state index contributed by atoms with van der Waals surface area (Å²) in [5.74, 6) is -0.314. The quantitative estimate of drug-likeness (QED) is 0.0326. The fourth-order valence-electron chi connectivity index (χ4n) is 7.61. The lowest BCUT2D eigenvalue weighted by molar-refractivity contribution is -0.379. The number of carbonyl (C=O) groups excluding carboxylic acids is 1. The summed E-state index contributed by atoms with van der Waals surface area (Å²) in [6.07, 6.45) is -3.98. The molecule has 0 aromatic heterocycles. The zero-order chi connectivity index (χ0) is 45.6. The molecular weight excluding hydrogens is 818 g/mol. The van der Waals surface area contributed by atoms with Gasteiger partial charge in [0.05, 0.1) is 38.6 Å². The van der Waals surface area contributed by atoms with Gasteiger partial charge in [-0.1, -0.05) is 95.9 Å². The molecular formula is C43H77NO18. The normalized spacial score (nSPS) is 35.4. The van der Waals surface area contributed by atoms with Crippen LogP contribution in [0.2, 0.25) is 0 Å². The Labute approximate surface area is 365 Å². The highest BCUT2D eigenvalue weighted by molar-refractivity contribution is 5.76. The summed E-state index contributed by atoms with van der Waals surface area (Å²) >= 11 is 0. The first-order valence-corrected chi connectivity index (χ1v) is 22.6. The van der Waals surface area contributed by atoms with Crippen molar-refractivity contribution in [3.8, 4) is 0 Å². The largest absolute Gasteiger partial charge is 0.394 e. The molecule has 17 atom stereocenters. The molecule has 0 aliphatic carbocycles. The van der Waals surface area contributed by atoms with Crippen LogP contribution in [0.3, 0.4) is 0 Å². The molecule has 0 spiro atoms. The van der Waals surface area contributed by atoms with Crippen molar-refractivity contribution in [2.75, 3.05) is 26.4 Å². The van der Waals surface area contributed by atoms with Crippen molar-refractivity contribution in [3.05, 3.63) is 24.3 Å². The van der Waals surface area contributed by atoms with E-state index in [1.165, 1.54) is 44.9 Å². The van der Waals surface area contributed by atoms with E-state index >= 15 is 0 Å². The second kappa shape index (κ2) is 29.7. The van der Waals surface area contributed by atoms with Crippen molar-refractivity contribution in [2.24, 2.45) is 0 Å². The van der Waals surface area contributed by atoms with Gasteiger partial charge < -0.3 is 89.9 Å². The van der Waals surface area contributed by atoms with Crippen LogP contribution in [-0.4, -0.2) is 193 Å². The number of carbonyl (C=O) groups is 1. The molecule has 3 fully saturated rings. The summed E-state index contributed by atoms with van der Waals surface area (Å²) in [5, 5.41) is 119. The molecule has 0 radical (unpaired) electrons. The number of rotatable bonds is 29. The number of aliphatic hydroxyl groups is 11. The van der Waals surface area contributed by atoms with Crippen LogP contribution >= 0.6 is 0 Å². The number of aliphatic hydroxyl groups excluding tert-OH is 11. The van der Waals surface area contributed by atoms with Crippen molar-refractivity contribution < 1.29 is 89.4 Å². The van der Waals surface area contributed by atoms with Gasteiger partial charge in [-0.15, -0.1) is 0 Å². The summed E-state index contributed by atoms with van der Waals surface area (Å²) in [5.41, 5.74) is 0. The highest BCUT2D eigenvalue weighted by atomic mass is 16.8. The van der Waals surface area contributed by atoms with Gasteiger partial charge in [-0.05, 0) is 32.1 Å². The molecule has 19 nitrogen and oxygen atoms in total. The number of nitrogens with one attached hydrogen (secondary N) is 1. The van der Waals surface area contributed by atoms with Gasteiger partial charge in [-0.25, -0.2) is 0 Å². The van der Waals surface area contributed by atoms with E-state index in [1.54, 1.807) is 6.08 Å². The number of allylic oxidation sites excluding steroid dienone is 3. The first-order valence-electron chi connectivity index (χ1n) is 22.6. The van der Waals surface area contributed by atoms with Crippen LogP contribution in [0.4, 0.5) is 0 Å². The predicted octanol–water partition coefficient (Wildman–Crippen LogP) is -0.699. The van der Waals surface area contributed by atoms with Crippen molar-refractivity contribution in [3.63, 3.8) is 0 Å². The molecule has 3 aliphatic heterocycles. The van der Waals surface area contributed by atoms with Crippen LogP contribution in [0, 0.1) is 0 Å². The molecule has 3 aliphatic rings. The zero-order valence-electron chi connectivity index (χ0n) is 36.3. The van der Waals surface area contributed by atoms with E-state index in [0.29, 0.717) is 12.8 Å². The highest BCUT2D eigenvalue weighted by Gasteiger charge is 2.53. The molecule has 0 saturated carbocycles. The minimum absolute atomic E-state index is 0.221. The van der Waals surface area contributed by atoms with Crippen molar-refractivity contribution >= 4 is 5.91 Å². The second-order valence-corrected chi connectivity index (χ2v) is 16.5. The molecule has 3 heterocycles. The number of unbranched alkanes of at least 4 members (excludes halogenated alkanes) is 11. The molecule has 19 heteroatoms. The molecule has 0 aromatic carbocycles. The topological polar surface area (TPSA) is 307 Å². The maximum absolute atomic E-state index is 12.8. The fraction of sp³-hybridized carbons (Fsp3) is 0.884. The van der Waals surface area contributed by atoms with E-state index < -0.39 is 124 Å². The van der Waals surface area contributed by atoms with Gasteiger partial charge >= 0.3 is 0 Å². The van der Waals surface area contributed by atoms with Gasteiger partial charge in [0, 0.05) is 6.42 Å². The van der Waals surface area contributed by atoms with E-state index in [4.69, 9.17) is 28.4 Å². The Hall–Kier alpha value is -1.73. The smallest absolute Gasteiger partial charge is 0.220 e. The first-order chi connectivity index (χ1) is 29.8. The van der Waals surface area contributed by atoms with Gasteiger partial charge in [0.2, 0.25) is 5.91 Å². The lowest BCUT2D eigenvalue weighted by Crippen LogP contribution is -2.66. The maximum atomic E-state index is 12.8. The lowest BCUT2D eigenvalue weighted by atomic mass is 9.96. The molecule has 17 unspecified atom stereocenters. The monoisotopic (exact) mass is 896 g/mol. The van der Waals surface area contributed by atoms with E-state index in [-0.39, 0.29) is 18.9 Å². The Morgan fingerprint density at radius 2 is 1.03 bits per heavy atom. The molecule has 62 heavy (non-hydrogen) atoms. The van der Waals surface area contributed by atoms with E-state index in [9.17, 15) is 61.0 Å². The third kappa shape index (κ3) is 16.9. The highest BCUT2D eigenvalue weighted by Crippen LogP contribution is 2.33. The van der Waals surface area contributed by atoms with E-state index in [1.807, 2.05) is 13.0 Å². The fourth-order valence-corrected chi connectivity index (χ4v) is 7.61. The summed E-state index contributed by atoms with van der Waals surface area (Å²) in [6.45, 7) is 1.44. The standard InChI is InChI=1S/C43H77NO18/c1-3-5-7-8-9-10-11-12-13-14-15-16-17-19-20-27(48)26(44-31(49)21-18-6-4-2)25-57-41-37(55)34(52)39(29(23-46)59-41)62-43-38(56)35(53)40(30(24-47)60-43)61-42-36(54)33(51)32(50)28(22-45)58-42/h14-15,19-20,26-30,32-43,45-48,50-56H,3-13,16-18,21-25H2,1-2H3,(H,44,49)/b15-14+,20-19+. The van der Waals surface area contributed by atoms with Gasteiger partial charge in [-0.3, -0.25) is 4.79 Å². The van der Waals surface area contributed by atoms with Crippen LogP contribution in [0.5, 0.6) is 0 Å². The Morgan fingerprint density at radius 3 is 1.61 bits per heavy atom. The Balaban J connectivity index is 1.57. The van der Waals surface area contributed by atoms with E-state index in [0.717, 1.165) is 32.1 Å². The summed E-state index contributed by atoms with van der Waals surface area (Å²) in [7, 11) is 0. The molecule has 3 rings (SSSR count). The Morgan fingerprint density at radius 1 is 0.565 bits per heavy atom. The van der Waals surface area contributed by atoms with E-state index in [2.05, 4.69) is 24.4 Å². The molecule has 0 bridgehead atoms. The summed E-state index contributed by atoms with van der Waals surface area (Å²) in [6, 6.07) is -0.979. The van der Waals surface area contributed by atoms with Crippen molar-refractivity contribution in [2.45, 2.75) is 214 Å². The van der Waals surface area contributed by atoms with Gasteiger partial charge in [0.15, 0.2) is 18.9 Å². The predicted molar refractivity (Wildman–Crippen MR) is 222 cm³/mol. The number of amides is 1. The first kappa shape index (κ1) is 54.6. The van der Waals surface area contributed by atoms with Crippen LogP contribution in [0.15, 0.2) is 24.3 Å². The summed E-state index contributed by atoms with van der Waals surface area (Å²) in [4.78, 5) is 12.8. The molecule has 0 aromatic rings. The second-order valence-electron chi connectivity index (χ2n) is 16.5. The van der Waals surface area contributed by atoms with Crippen LogP contribution in [0.1, 0.15) is 110 Å². The Kier molecular flexibility index (Phi) is 26.2. The Bertz CT molecular complexity index is 1260. The maximum Gasteiger partial charge on any atom is 0.220 e. The SMILES string of the molecule is CCCCCCCCCC/C=C/CC/C=C/C(O)C(COC1OC(CO)C(OC2OC(CO)C(OC3OC(CO)C(O)C(O)C3O)C(O)C2O)C(O)C1O)NC(=O)CCCCC.